The van der Waals surface area contributed by atoms with E-state index in [1.807, 2.05) is 17.0 Å². The van der Waals surface area contributed by atoms with E-state index in [0.29, 0.717) is 19.4 Å². The molecule has 1 aromatic rings. The number of amides is 2. The summed E-state index contributed by atoms with van der Waals surface area (Å²) in [6, 6.07) is 8.33. The summed E-state index contributed by atoms with van der Waals surface area (Å²) in [5, 5.41) is 12.2. The molecule has 6 heteroatoms. The van der Waals surface area contributed by atoms with Gasteiger partial charge in [0.25, 0.3) is 0 Å². The fourth-order valence-electron chi connectivity index (χ4n) is 3.96. The molecule has 1 saturated carbocycles. The fraction of sp³-hybridized carbons (Fsp3) is 0.579. The van der Waals surface area contributed by atoms with Crippen LogP contribution in [0.4, 0.5) is 10.5 Å². The van der Waals surface area contributed by atoms with Crippen LogP contribution in [0.25, 0.3) is 0 Å². The number of hydrogen-bond acceptors (Lipinski definition) is 3. The van der Waals surface area contributed by atoms with E-state index in [4.69, 9.17) is 5.11 Å². The van der Waals surface area contributed by atoms with Gasteiger partial charge in [-0.05, 0) is 44.2 Å². The lowest BCUT2D eigenvalue weighted by molar-refractivity contribution is -0.142. The number of fused-ring (bicyclic) bond motifs is 1. The molecule has 1 aliphatic heterocycles. The number of likely N-dealkylation sites (N-methyl/N-ethyl adjacent to an activating group) is 1. The Kier molecular flexibility index (Phi) is 5.16. The van der Waals surface area contributed by atoms with Gasteiger partial charge in [0.05, 0.1) is 5.92 Å². The van der Waals surface area contributed by atoms with Gasteiger partial charge < -0.3 is 20.2 Å². The molecule has 3 rings (SSSR count). The van der Waals surface area contributed by atoms with Crippen molar-refractivity contribution in [2.75, 3.05) is 18.5 Å². The number of para-hydroxylation sites is 1. The molecule has 25 heavy (non-hydrogen) atoms. The van der Waals surface area contributed by atoms with Crippen LogP contribution in [0.3, 0.4) is 0 Å². The van der Waals surface area contributed by atoms with Crippen LogP contribution in [-0.4, -0.2) is 47.7 Å². The molecule has 1 aliphatic carbocycles. The SMILES string of the molecule is CC1CN(C)c2ccccc2CN1C(=O)NC1CCC(C(=O)O)CC1. The normalized spacial score (nSPS) is 26.6. The first kappa shape index (κ1) is 17.6. The number of carbonyl (C=O) groups excluding carboxylic acids is 1. The van der Waals surface area contributed by atoms with Crippen molar-refractivity contribution in [1.82, 2.24) is 10.2 Å². The minimum atomic E-state index is -0.717. The number of hydrogen-bond donors (Lipinski definition) is 2. The highest BCUT2D eigenvalue weighted by molar-refractivity contribution is 5.76. The molecule has 136 valence electrons. The zero-order chi connectivity index (χ0) is 18.0. The number of nitrogens with one attached hydrogen (secondary N) is 1. The topological polar surface area (TPSA) is 72.9 Å². The van der Waals surface area contributed by atoms with Crippen LogP contribution in [0, 0.1) is 5.92 Å². The van der Waals surface area contributed by atoms with E-state index < -0.39 is 5.97 Å². The third kappa shape index (κ3) is 3.89. The highest BCUT2D eigenvalue weighted by Gasteiger charge is 2.30. The van der Waals surface area contributed by atoms with Crippen molar-refractivity contribution in [3.05, 3.63) is 29.8 Å². The Balaban J connectivity index is 1.65. The Hall–Kier alpha value is -2.24. The number of rotatable bonds is 2. The summed E-state index contributed by atoms with van der Waals surface area (Å²) in [4.78, 5) is 28.0. The average molecular weight is 345 g/mol. The van der Waals surface area contributed by atoms with Crippen LogP contribution in [0.1, 0.15) is 38.2 Å². The minimum absolute atomic E-state index is 0.0450. The van der Waals surface area contributed by atoms with Crippen LogP contribution < -0.4 is 10.2 Å². The van der Waals surface area contributed by atoms with Crippen molar-refractivity contribution < 1.29 is 14.7 Å². The quantitative estimate of drug-likeness (QED) is 0.864. The van der Waals surface area contributed by atoms with Crippen molar-refractivity contribution in [1.29, 1.82) is 0 Å². The molecule has 6 nitrogen and oxygen atoms in total. The predicted octanol–water partition coefficient (Wildman–Crippen LogP) is 2.68. The second kappa shape index (κ2) is 7.33. The summed E-state index contributed by atoms with van der Waals surface area (Å²) >= 11 is 0. The number of aliphatic carboxylic acids is 1. The molecule has 0 saturated heterocycles. The Bertz CT molecular complexity index is 641. The maximum absolute atomic E-state index is 12.8. The van der Waals surface area contributed by atoms with Crippen molar-refractivity contribution in [2.24, 2.45) is 5.92 Å². The number of benzene rings is 1. The van der Waals surface area contributed by atoms with Gasteiger partial charge in [-0.1, -0.05) is 18.2 Å². The van der Waals surface area contributed by atoms with Gasteiger partial charge in [-0.25, -0.2) is 4.79 Å². The fourth-order valence-corrected chi connectivity index (χ4v) is 3.96. The third-order valence-corrected chi connectivity index (χ3v) is 5.48. The molecule has 0 aromatic heterocycles. The summed E-state index contributed by atoms with van der Waals surface area (Å²) in [5.41, 5.74) is 2.32. The number of nitrogens with zero attached hydrogens (tertiary/aromatic N) is 2. The number of carboxylic acid groups (broad SMARTS) is 1. The van der Waals surface area contributed by atoms with Crippen LogP contribution in [0.5, 0.6) is 0 Å². The monoisotopic (exact) mass is 345 g/mol. The van der Waals surface area contributed by atoms with E-state index in [-0.39, 0.29) is 24.0 Å². The van der Waals surface area contributed by atoms with Crippen molar-refractivity contribution in [3.63, 3.8) is 0 Å². The van der Waals surface area contributed by atoms with Crippen LogP contribution in [0.15, 0.2) is 24.3 Å². The molecule has 1 aromatic carbocycles. The minimum Gasteiger partial charge on any atom is -0.481 e. The summed E-state index contributed by atoms with van der Waals surface area (Å²) < 4.78 is 0. The van der Waals surface area contributed by atoms with Crippen molar-refractivity contribution in [2.45, 2.75) is 51.2 Å². The van der Waals surface area contributed by atoms with Crippen LogP contribution in [-0.2, 0) is 11.3 Å². The first-order chi connectivity index (χ1) is 12.0. The lowest BCUT2D eigenvalue weighted by atomic mass is 9.86. The summed E-state index contributed by atoms with van der Waals surface area (Å²) in [5.74, 6) is -0.976. The van der Waals surface area contributed by atoms with Crippen molar-refractivity contribution in [3.8, 4) is 0 Å². The molecule has 2 amide bonds. The van der Waals surface area contributed by atoms with Crippen molar-refractivity contribution >= 4 is 17.7 Å². The van der Waals surface area contributed by atoms with E-state index in [1.54, 1.807) is 0 Å². The Morgan fingerprint density at radius 2 is 1.84 bits per heavy atom. The molecule has 0 radical (unpaired) electrons. The number of urea groups is 1. The largest absolute Gasteiger partial charge is 0.481 e. The molecular formula is C19H27N3O3. The van der Waals surface area contributed by atoms with Crippen LogP contribution in [0.2, 0.25) is 0 Å². The molecule has 2 N–H and O–H groups in total. The van der Waals surface area contributed by atoms with Crippen LogP contribution >= 0.6 is 0 Å². The van der Waals surface area contributed by atoms with Gasteiger partial charge in [0.1, 0.15) is 0 Å². The van der Waals surface area contributed by atoms with Gasteiger partial charge in [0.2, 0.25) is 0 Å². The zero-order valence-corrected chi connectivity index (χ0v) is 14.9. The van der Waals surface area contributed by atoms with E-state index in [9.17, 15) is 9.59 Å². The van der Waals surface area contributed by atoms with Gasteiger partial charge in [0.15, 0.2) is 0 Å². The van der Waals surface area contributed by atoms with Gasteiger partial charge in [-0.3, -0.25) is 4.79 Å². The zero-order valence-electron chi connectivity index (χ0n) is 14.9. The van der Waals surface area contributed by atoms with E-state index >= 15 is 0 Å². The van der Waals surface area contributed by atoms with E-state index in [2.05, 4.69) is 36.3 Å². The Morgan fingerprint density at radius 1 is 1.16 bits per heavy atom. The third-order valence-electron chi connectivity index (χ3n) is 5.48. The van der Waals surface area contributed by atoms with Gasteiger partial charge in [0, 0.05) is 37.9 Å². The number of carboxylic acids is 1. The standard InChI is InChI=1S/C19H27N3O3/c1-13-11-21(2)17-6-4-3-5-15(17)12-22(13)19(25)20-16-9-7-14(8-10-16)18(23)24/h3-6,13-14,16H,7-12H2,1-2H3,(H,20,25)(H,23,24). The molecule has 1 fully saturated rings. The molecule has 0 spiro atoms. The smallest absolute Gasteiger partial charge is 0.318 e. The summed E-state index contributed by atoms with van der Waals surface area (Å²) in [7, 11) is 2.06. The Labute approximate surface area is 148 Å². The molecule has 1 unspecified atom stereocenters. The van der Waals surface area contributed by atoms with E-state index in [0.717, 1.165) is 24.9 Å². The number of anilines is 1. The molecular weight excluding hydrogens is 318 g/mol. The van der Waals surface area contributed by atoms with Gasteiger partial charge in [-0.15, -0.1) is 0 Å². The maximum atomic E-state index is 12.8. The van der Waals surface area contributed by atoms with E-state index in [1.165, 1.54) is 5.69 Å². The second-order valence-electron chi connectivity index (χ2n) is 7.32. The first-order valence-electron chi connectivity index (χ1n) is 9.04. The lowest BCUT2D eigenvalue weighted by Crippen LogP contribution is -2.50. The average Bonchev–Trinajstić information content (AvgIpc) is 2.72. The molecule has 2 aliphatic rings. The molecule has 1 heterocycles. The highest BCUT2D eigenvalue weighted by Crippen LogP contribution is 2.27. The highest BCUT2D eigenvalue weighted by atomic mass is 16.4. The maximum Gasteiger partial charge on any atom is 0.318 e. The molecule has 0 bridgehead atoms. The number of carbonyl (C=O) groups is 2. The van der Waals surface area contributed by atoms with Gasteiger partial charge in [-0.2, -0.15) is 0 Å². The Morgan fingerprint density at radius 3 is 2.52 bits per heavy atom. The van der Waals surface area contributed by atoms with Gasteiger partial charge >= 0.3 is 12.0 Å². The predicted molar refractivity (Wildman–Crippen MR) is 96.6 cm³/mol. The first-order valence-corrected chi connectivity index (χ1v) is 9.04. The molecule has 1 atom stereocenters. The summed E-state index contributed by atoms with van der Waals surface area (Å²) in [6.45, 7) is 3.46. The second-order valence-corrected chi connectivity index (χ2v) is 7.32. The lowest BCUT2D eigenvalue weighted by Gasteiger charge is -2.32. The summed E-state index contributed by atoms with van der Waals surface area (Å²) in [6.07, 6.45) is 2.76.